The van der Waals surface area contributed by atoms with Gasteiger partial charge in [-0.1, -0.05) is 36.0 Å². The fourth-order valence-corrected chi connectivity index (χ4v) is 3.44. The van der Waals surface area contributed by atoms with Crippen LogP contribution in [0.15, 0.2) is 58.5 Å². The molecule has 0 radical (unpaired) electrons. The van der Waals surface area contributed by atoms with E-state index in [9.17, 15) is 4.79 Å². The second kappa shape index (κ2) is 8.07. The molecule has 1 heterocycles. The van der Waals surface area contributed by atoms with Crippen LogP contribution in [0.3, 0.4) is 0 Å². The molecule has 0 aliphatic heterocycles. The van der Waals surface area contributed by atoms with E-state index < -0.39 is 0 Å². The summed E-state index contributed by atoms with van der Waals surface area (Å²) in [6.45, 7) is 3.04. The third-order valence-electron chi connectivity index (χ3n) is 3.78. The molecule has 5 nitrogen and oxygen atoms in total. The lowest BCUT2D eigenvalue weighted by atomic mass is 10.2. The number of aromatic nitrogens is 2. The highest BCUT2D eigenvalue weighted by molar-refractivity contribution is 7.99. The average molecular weight is 356 g/mol. The molecular weight excluding hydrogens is 336 g/mol. The molecule has 0 spiro atoms. The van der Waals surface area contributed by atoms with E-state index in [1.54, 1.807) is 11.7 Å². The van der Waals surface area contributed by atoms with Gasteiger partial charge in [0.1, 0.15) is 0 Å². The molecule has 0 unspecified atom stereocenters. The molecule has 0 aliphatic rings. The molecule has 0 fully saturated rings. The first-order chi connectivity index (χ1) is 12.2. The van der Waals surface area contributed by atoms with Crippen LogP contribution in [-0.4, -0.2) is 29.0 Å². The van der Waals surface area contributed by atoms with Crippen LogP contribution in [0.2, 0.25) is 0 Å². The van der Waals surface area contributed by atoms with E-state index in [4.69, 9.17) is 9.47 Å². The summed E-state index contributed by atoms with van der Waals surface area (Å²) in [4.78, 5) is 17.2. The van der Waals surface area contributed by atoms with Crippen molar-refractivity contribution in [2.45, 2.75) is 18.6 Å². The Morgan fingerprint density at radius 2 is 1.80 bits per heavy atom. The number of benzene rings is 2. The van der Waals surface area contributed by atoms with E-state index in [-0.39, 0.29) is 5.56 Å². The van der Waals surface area contributed by atoms with Crippen LogP contribution in [0.25, 0.3) is 10.9 Å². The Labute approximate surface area is 150 Å². The van der Waals surface area contributed by atoms with Crippen molar-refractivity contribution in [3.8, 4) is 11.5 Å². The zero-order valence-corrected chi connectivity index (χ0v) is 15.1. The molecule has 3 rings (SSSR count). The van der Waals surface area contributed by atoms with Crippen LogP contribution in [0.1, 0.15) is 6.92 Å². The van der Waals surface area contributed by atoms with Gasteiger partial charge in [-0.15, -0.1) is 0 Å². The summed E-state index contributed by atoms with van der Waals surface area (Å²) in [7, 11) is 1.62. The minimum atomic E-state index is 0.00115. The first kappa shape index (κ1) is 17.4. The molecule has 0 N–H and O–H groups in total. The third kappa shape index (κ3) is 3.79. The largest absolute Gasteiger partial charge is 0.493 e. The van der Waals surface area contributed by atoms with Crippen LogP contribution in [0, 0.1) is 0 Å². The predicted molar refractivity (Wildman–Crippen MR) is 101 cm³/mol. The monoisotopic (exact) mass is 356 g/mol. The number of hydrogen-bond acceptors (Lipinski definition) is 5. The van der Waals surface area contributed by atoms with Gasteiger partial charge in [0.15, 0.2) is 16.7 Å². The zero-order chi connectivity index (χ0) is 17.6. The van der Waals surface area contributed by atoms with Crippen molar-refractivity contribution in [1.82, 2.24) is 9.55 Å². The number of fused-ring (bicyclic) bond motifs is 1. The molecule has 0 amide bonds. The SMILES string of the molecule is CCn1c(SCCOc2ccccc2OC)nc2ccccc2c1=O. The number of nitrogens with zero attached hydrogens (tertiary/aromatic N) is 2. The molecular formula is C19H20N2O3S. The summed E-state index contributed by atoms with van der Waals surface area (Å²) in [6, 6.07) is 15.0. The molecule has 3 aromatic rings. The van der Waals surface area contributed by atoms with Crippen molar-refractivity contribution >= 4 is 22.7 Å². The smallest absolute Gasteiger partial charge is 0.262 e. The van der Waals surface area contributed by atoms with Gasteiger partial charge in [0, 0.05) is 12.3 Å². The van der Waals surface area contributed by atoms with Gasteiger partial charge in [0.2, 0.25) is 0 Å². The predicted octanol–water partition coefficient (Wildman–Crippen LogP) is 3.60. The van der Waals surface area contributed by atoms with E-state index in [1.807, 2.05) is 55.5 Å². The standard InChI is InChI=1S/C19H20N2O3S/c1-3-21-18(22)14-8-4-5-9-15(14)20-19(21)25-13-12-24-17-11-7-6-10-16(17)23-2/h4-11H,3,12-13H2,1-2H3. The Balaban J connectivity index is 1.72. The van der Waals surface area contributed by atoms with Crippen molar-refractivity contribution in [3.63, 3.8) is 0 Å². The summed E-state index contributed by atoms with van der Waals surface area (Å²) >= 11 is 1.52. The summed E-state index contributed by atoms with van der Waals surface area (Å²) in [5.74, 6) is 2.11. The Morgan fingerprint density at radius 1 is 1.08 bits per heavy atom. The van der Waals surface area contributed by atoms with Crippen molar-refractivity contribution in [1.29, 1.82) is 0 Å². The molecule has 0 saturated carbocycles. The van der Waals surface area contributed by atoms with Crippen molar-refractivity contribution in [2.24, 2.45) is 0 Å². The van der Waals surface area contributed by atoms with E-state index in [0.29, 0.717) is 35.8 Å². The van der Waals surface area contributed by atoms with Crippen LogP contribution >= 0.6 is 11.8 Å². The maximum atomic E-state index is 12.6. The topological polar surface area (TPSA) is 53.4 Å². The van der Waals surface area contributed by atoms with Crippen LogP contribution in [0.5, 0.6) is 11.5 Å². The summed E-state index contributed by atoms with van der Waals surface area (Å²) in [6.07, 6.45) is 0. The molecule has 0 atom stereocenters. The molecule has 0 bridgehead atoms. The second-order valence-corrected chi connectivity index (χ2v) is 6.37. The molecule has 0 aliphatic carbocycles. The first-order valence-electron chi connectivity index (χ1n) is 8.12. The molecule has 25 heavy (non-hydrogen) atoms. The Kier molecular flexibility index (Phi) is 5.60. The van der Waals surface area contributed by atoms with Gasteiger partial charge in [-0.05, 0) is 31.2 Å². The van der Waals surface area contributed by atoms with E-state index >= 15 is 0 Å². The van der Waals surface area contributed by atoms with E-state index in [0.717, 1.165) is 10.7 Å². The number of methoxy groups -OCH3 is 1. The minimum absolute atomic E-state index is 0.00115. The Bertz CT molecular complexity index is 924. The van der Waals surface area contributed by atoms with Crippen LogP contribution in [-0.2, 0) is 6.54 Å². The van der Waals surface area contributed by atoms with Crippen LogP contribution < -0.4 is 15.0 Å². The maximum absolute atomic E-state index is 12.6. The highest BCUT2D eigenvalue weighted by atomic mass is 32.2. The fourth-order valence-electron chi connectivity index (χ4n) is 2.56. The summed E-state index contributed by atoms with van der Waals surface area (Å²) < 4.78 is 12.8. The van der Waals surface area contributed by atoms with Gasteiger partial charge < -0.3 is 9.47 Å². The second-order valence-electron chi connectivity index (χ2n) is 5.31. The van der Waals surface area contributed by atoms with Gasteiger partial charge in [0.05, 0.1) is 24.6 Å². The molecule has 1 aromatic heterocycles. The lowest BCUT2D eigenvalue weighted by Crippen LogP contribution is -2.22. The third-order valence-corrected chi connectivity index (χ3v) is 4.72. The molecule has 2 aromatic carbocycles. The molecule has 6 heteroatoms. The summed E-state index contributed by atoms with van der Waals surface area (Å²) in [5, 5.41) is 1.37. The van der Waals surface area contributed by atoms with Crippen molar-refractivity contribution in [3.05, 3.63) is 58.9 Å². The Hall–Kier alpha value is -2.47. The summed E-state index contributed by atoms with van der Waals surface area (Å²) in [5.41, 5.74) is 0.728. The molecule has 0 saturated heterocycles. The number of rotatable bonds is 7. The average Bonchev–Trinajstić information content (AvgIpc) is 2.66. The Morgan fingerprint density at radius 3 is 2.56 bits per heavy atom. The van der Waals surface area contributed by atoms with Gasteiger partial charge >= 0.3 is 0 Å². The number of para-hydroxylation sites is 3. The van der Waals surface area contributed by atoms with Crippen LogP contribution in [0.4, 0.5) is 0 Å². The van der Waals surface area contributed by atoms with E-state index in [2.05, 4.69) is 4.98 Å². The van der Waals surface area contributed by atoms with Gasteiger partial charge in [0.25, 0.3) is 5.56 Å². The van der Waals surface area contributed by atoms with Gasteiger partial charge in [-0.2, -0.15) is 0 Å². The lowest BCUT2D eigenvalue weighted by molar-refractivity contribution is 0.313. The maximum Gasteiger partial charge on any atom is 0.262 e. The van der Waals surface area contributed by atoms with E-state index in [1.165, 1.54) is 11.8 Å². The number of hydrogen-bond donors (Lipinski definition) is 0. The fraction of sp³-hybridized carbons (Fsp3) is 0.263. The normalized spacial score (nSPS) is 10.8. The number of thioether (sulfide) groups is 1. The quantitative estimate of drug-likeness (QED) is 0.368. The van der Waals surface area contributed by atoms with Gasteiger partial charge in [-0.25, -0.2) is 4.98 Å². The van der Waals surface area contributed by atoms with Crippen molar-refractivity contribution < 1.29 is 9.47 Å². The highest BCUT2D eigenvalue weighted by Gasteiger charge is 2.10. The number of ether oxygens (including phenoxy) is 2. The zero-order valence-electron chi connectivity index (χ0n) is 14.3. The highest BCUT2D eigenvalue weighted by Crippen LogP contribution is 2.26. The lowest BCUT2D eigenvalue weighted by Gasteiger charge is -2.12. The minimum Gasteiger partial charge on any atom is -0.493 e. The van der Waals surface area contributed by atoms with Gasteiger partial charge in [-0.3, -0.25) is 9.36 Å². The first-order valence-corrected chi connectivity index (χ1v) is 9.11. The van der Waals surface area contributed by atoms with Crippen molar-refractivity contribution in [2.75, 3.05) is 19.5 Å². The molecule has 130 valence electrons.